The normalized spacial score (nSPS) is 39.4. The molecule has 2 fully saturated rings. The summed E-state index contributed by atoms with van der Waals surface area (Å²) in [6, 6.07) is 0.178. The van der Waals surface area contributed by atoms with Gasteiger partial charge in [-0.25, -0.2) is 0 Å². The molecule has 2 rings (SSSR count). The SMILES string of the molecule is CCC1COC(C)CN1C1(CN)CCCC(C(F)(F)F)C1. The molecule has 0 radical (unpaired) electrons. The van der Waals surface area contributed by atoms with Crippen molar-refractivity contribution in [1.29, 1.82) is 0 Å². The summed E-state index contributed by atoms with van der Waals surface area (Å²) in [5.74, 6) is -1.22. The number of morpholine rings is 1. The van der Waals surface area contributed by atoms with Gasteiger partial charge in [0.05, 0.1) is 18.6 Å². The Balaban J connectivity index is 2.22. The van der Waals surface area contributed by atoms with Crippen LogP contribution >= 0.6 is 0 Å². The van der Waals surface area contributed by atoms with Crippen LogP contribution in [0, 0.1) is 5.92 Å². The number of nitrogens with zero attached hydrogens (tertiary/aromatic N) is 1. The van der Waals surface area contributed by atoms with Crippen LogP contribution in [0.15, 0.2) is 0 Å². The average molecular weight is 308 g/mol. The maximum atomic E-state index is 13.2. The van der Waals surface area contributed by atoms with Crippen LogP contribution in [0.5, 0.6) is 0 Å². The number of halogens is 3. The van der Waals surface area contributed by atoms with E-state index < -0.39 is 17.6 Å². The summed E-state index contributed by atoms with van der Waals surface area (Å²) in [5.41, 5.74) is 5.47. The summed E-state index contributed by atoms with van der Waals surface area (Å²) in [6.45, 7) is 5.61. The first-order valence-electron chi connectivity index (χ1n) is 7.97. The van der Waals surface area contributed by atoms with Crippen molar-refractivity contribution in [3.05, 3.63) is 0 Å². The van der Waals surface area contributed by atoms with Crippen LogP contribution in [0.4, 0.5) is 13.2 Å². The molecule has 1 saturated heterocycles. The quantitative estimate of drug-likeness (QED) is 0.871. The fraction of sp³-hybridized carbons (Fsp3) is 1.00. The molecular formula is C15H27F3N2O. The Kier molecular flexibility index (Phi) is 5.21. The van der Waals surface area contributed by atoms with Crippen LogP contribution in [0.25, 0.3) is 0 Å². The molecule has 1 aliphatic carbocycles. The van der Waals surface area contributed by atoms with E-state index in [1.807, 2.05) is 6.92 Å². The van der Waals surface area contributed by atoms with Crippen LogP contribution in [0.2, 0.25) is 0 Å². The lowest BCUT2D eigenvalue weighted by Gasteiger charge is -2.54. The van der Waals surface area contributed by atoms with Crippen LogP contribution in [0.3, 0.4) is 0 Å². The summed E-state index contributed by atoms with van der Waals surface area (Å²) in [6.07, 6.45) is -1.44. The van der Waals surface area contributed by atoms with Crippen molar-refractivity contribution in [2.45, 2.75) is 69.8 Å². The first-order valence-corrected chi connectivity index (χ1v) is 7.97. The molecule has 4 unspecified atom stereocenters. The summed E-state index contributed by atoms with van der Waals surface area (Å²) >= 11 is 0. The van der Waals surface area contributed by atoms with Gasteiger partial charge in [-0.05, 0) is 32.6 Å². The summed E-state index contributed by atoms with van der Waals surface area (Å²) < 4.78 is 45.2. The van der Waals surface area contributed by atoms with Gasteiger partial charge in [0.1, 0.15) is 0 Å². The fourth-order valence-corrected chi connectivity index (χ4v) is 3.95. The van der Waals surface area contributed by atoms with Gasteiger partial charge in [-0.2, -0.15) is 13.2 Å². The van der Waals surface area contributed by atoms with Crippen LogP contribution in [0.1, 0.15) is 46.0 Å². The maximum absolute atomic E-state index is 13.2. The lowest BCUT2D eigenvalue weighted by molar-refractivity contribution is -0.201. The first-order chi connectivity index (χ1) is 9.82. The van der Waals surface area contributed by atoms with Crippen molar-refractivity contribution in [2.24, 2.45) is 11.7 Å². The zero-order valence-electron chi connectivity index (χ0n) is 13.0. The molecule has 4 atom stereocenters. The molecule has 6 heteroatoms. The van der Waals surface area contributed by atoms with Gasteiger partial charge in [-0.1, -0.05) is 13.3 Å². The number of rotatable bonds is 3. The number of alkyl halides is 3. The predicted octanol–water partition coefficient (Wildman–Crippen LogP) is 2.94. The van der Waals surface area contributed by atoms with Gasteiger partial charge in [0.25, 0.3) is 0 Å². The van der Waals surface area contributed by atoms with E-state index in [0.717, 1.165) is 12.8 Å². The van der Waals surface area contributed by atoms with Crippen LogP contribution < -0.4 is 5.73 Å². The van der Waals surface area contributed by atoms with Gasteiger partial charge in [0.2, 0.25) is 0 Å². The van der Waals surface area contributed by atoms with E-state index in [0.29, 0.717) is 26.1 Å². The van der Waals surface area contributed by atoms with Crippen molar-refractivity contribution in [2.75, 3.05) is 19.7 Å². The highest BCUT2D eigenvalue weighted by Gasteiger charge is 2.51. The van der Waals surface area contributed by atoms with E-state index >= 15 is 0 Å². The highest BCUT2D eigenvalue weighted by molar-refractivity contribution is 5.01. The van der Waals surface area contributed by atoms with E-state index in [2.05, 4.69) is 11.8 Å². The van der Waals surface area contributed by atoms with Crippen LogP contribution in [-0.4, -0.2) is 48.5 Å². The molecule has 124 valence electrons. The molecule has 2 N–H and O–H groups in total. The number of hydrogen-bond donors (Lipinski definition) is 1. The molecule has 3 nitrogen and oxygen atoms in total. The van der Waals surface area contributed by atoms with Crippen molar-refractivity contribution in [3.8, 4) is 0 Å². The molecule has 0 aromatic heterocycles. The summed E-state index contributed by atoms with van der Waals surface area (Å²) in [4.78, 5) is 2.24. The minimum absolute atomic E-state index is 0.0579. The van der Waals surface area contributed by atoms with Gasteiger partial charge >= 0.3 is 6.18 Å². The lowest BCUT2D eigenvalue weighted by Crippen LogP contribution is -2.65. The van der Waals surface area contributed by atoms with Gasteiger partial charge in [-0.3, -0.25) is 4.90 Å². The van der Waals surface area contributed by atoms with Crippen molar-refractivity contribution in [1.82, 2.24) is 4.90 Å². The van der Waals surface area contributed by atoms with Crippen LogP contribution in [-0.2, 0) is 4.74 Å². The molecule has 1 aliphatic heterocycles. The molecule has 1 saturated carbocycles. The Bertz CT molecular complexity index is 350. The van der Waals surface area contributed by atoms with E-state index in [1.54, 1.807) is 0 Å². The minimum Gasteiger partial charge on any atom is -0.376 e. The molecule has 1 heterocycles. The van der Waals surface area contributed by atoms with Crippen molar-refractivity contribution >= 4 is 0 Å². The molecule has 0 aromatic rings. The topological polar surface area (TPSA) is 38.5 Å². The molecule has 21 heavy (non-hydrogen) atoms. The third-order valence-corrected chi connectivity index (χ3v) is 5.21. The minimum atomic E-state index is -4.11. The molecule has 2 aliphatic rings. The third-order valence-electron chi connectivity index (χ3n) is 5.21. The van der Waals surface area contributed by atoms with E-state index in [1.165, 1.54) is 0 Å². The molecule has 0 amide bonds. The first kappa shape index (κ1) is 17.0. The van der Waals surface area contributed by atoms with Crippen molar-refractivity contribution < 1.29 is 17.9 Å². The monoisotopic (exact) mass is 308 g/mol. The Labute approximate surface area is 125 Å². The Morgan fingerprint density at radius 2 is 2.10 bits per heavy atom. The van der Waals surface area contributed by atoms with E-state index in [4.69, 9.17) is 10.5 Å². The lowest BCUT2D eigenvalue weighted by atomic mass is 9.73. The smallest absolute Gasteiger partial charge is 0.376 e. The second kappa shape index (κ2) is 6.42. The molecule has 0 bridgehead atoms. The third kappa shape index (κ3) is 3.54. The number of nitrogens with two attached hydrogens (primary N) is 1. The second-order valence-corrected chi connectivity index (χ2v) is 6.62. The zero-order chi connectivity index (χ0) is 15.7. The highest BCUT2D eigenvalue weighted by atomic mass is 19.4. The Hall–Kier alpha value is -0.330. The van der Waals surface area contributed by atoms with Gasteiger partial charge < -0.3 is 10.5 Å². The number of hydrogen-bond acceptors (Lipinski definition) is 3. The average Bonchev–Trinajstić information content (AvgIpc) is 2.46. The standard InChI is InChI=1S/C15H27F3N2O/c1-3-13-9-21-11(2)8-20(13)14(10-19)6-4-5-12(7-14)15(16,17)18/h11-13H,3-10,19H2,1-2H3. The van der Waals surface area contributed by atoms with E-state index in [-0.39, 0.29) is 25.0 Å². The maximum Gasteiger partial charge on any atom is 0.391 e. The molecule has 0 spiro atoms. The summed E-state index contributed by atoms with van der Waals surface area (Å²) in [5, 5.41) is 0. The highest BCUT2D eigenvalue weighted by Crippen LogP contribution is 2.45. The number of ether oxygens (including phenoxy) is 1. The zero-order valence-corrected chi connectivity index (χ0v) is 13.0. The Morgan fingerprint density at radius 1 is 1.38 bits per heavy atom. The second-order valence-electron chi connectivity index (χ2n) is 6.62. The van der Waals surface area contributed by atoms with Gasteiger partial charge in [0, 0.05) is 24.7 Å². The van der Waals surface area contributed by atoms with E-state index in [9.17, 15) is 13.2 Å². The summed E-state index contributed by atoms with van der Waals surface area (Å²) in [7, 11) is 0. The molecular weight excluding hydrogens is 281 g/mol. The Morgan fingerprint density at radius 3 is 2.67 bits per heavy atom. The largest absolute Gasteiger partial charge is 0.391 e. The van der Waals surface area contributed by atoms with Gasteiger partial charge in [-0.15, -0.1) is 0 Å². The van der Waals surface area contributed by atoms with Crippen molar-refractivity contribution in [3.63, 3.8) is 0 Å². The fourth-order valence-electron chi connectivity index (χ4n) is 3.95. The predicted molar refractivity (Wildman–Crippen MR) is 76.0 cm³/mol. The molecule has 0 aromatic carbocycles. The van der Waals surface area contributed by atoms with Gasteiger partial charge in [0.15, 0.2) is 0 Å².